The van der Waals surface area contributed by atoms with E-state index in [1.54, 1.807) is 4.90 Å². The van der Waals surface area contributed by atoms with Gasteiger partial charge in [0.25, 0.3) is 0 Å². The number of carbonyl (C=O) groups is 1. The molecule has 96 valence electrons. The summed E-state index contributed by atoms with van der Waals surface area (Å²) in [5.74, 6) is -0.0183. The van der Waals surface area contributed by atoms with Crippen LogP contribution in [0, 0.1) is 17.2 Å². The Morgan fingerprint density at radius 1 is 1.53 bits per heavy atom. The van der Waals surface area contributed by atoms with Gasteiger partial charge in [0.15, 0.2) is 0 Å². The van der Waals surface area contributed by atoms with Gasteiger partial charge >= 0.3 is 0 Å². The maximum Gasteiger partial charge on any atom is 0.224 e. The highest BCUT2D eigenvalue weighted by Gasteiger charge is 2.33. The van der Waals surface area contributed by atoms with Crippen molar-refractivity contribution in [1.82, 2.24) is 4.90 Å². The Balaban J connectivity index is 2.52. The molecule has 0 bridgehead atoms. The second-order valence-electron chi connectivity index (χ2n) is 5.21. The van der Waals surface area contributed by atoms with Gasteiger partial charge in [-0.3, -0.25) is 4.79 Å². The fourth-order valence-corrected chi connectivity index (χ4v) is 2.45. The molecule has 1 amide bonds. The maximum absolute atomic E-state index is 12.1. The molecule has 17 heavy (non-hydrogen) atoms. The number of amides is 1. The number of hydrogen-bond acceptors (Lipinski definition) is 3. The normalized spacial score (nSPS) is 19.6. The SMILES string of the molecule is CCN(CC(C)C#N)C(=O)CC1(N)CCCC1. The van der Waals surface area contributed by atoms with Crippen molar-refractivity contribution in [2.45, 2.75) is 51.5 Å². The standard InChI is InChI=1S/C13H23N3O/c1-3-16(10-11(2)9-14)12(17)8-13(15)6-4-5-7-13/h11H,3-8,10,15H2,1-2H3. The number of nitriles is 1. The van der Waals surface area contributed by atoms with Gasteiger partial charge in [0, 0.05) is 25.0 Å². The van der Waals surface area contributed by atoms with Crippen molar-refractivity contribution in [3.8, 4) is 6.07 Å². The molecule has 1 fully saturated rings. The topological polar surface area (TPSA) is 70.1 Å². The Kier molecular flexibility index (Phi) is 4.95. The summed E-state index contributed by atoms with van der Waals surface area (Å²) in [5, 5.41) is 8.78. The number of rotatable bonds is 5. The van der Waals surface area contributed by atoms with Gasteiger partial charge in [-0.1, -0.05) is 12.8 Å². The first-order chi connectivity index (χ1) is 8.00. The van der Waals surface area contributed by atoms with Crippen molar-refractivity contribution in [2.75, 3.05) is 13.1 Å². The van der Waals surface area contributed by atoms with E-state index in [0.29, 0.717) is 19.5 Å². The Morgan fingerprint density at radius 2 is 2.12 bits per heavy atom. The van der Waals surface area contributed by atoms with Gasteiger partial charge in [-0.25, -0.2) is 0 Å². The highest BCUT2D eigenvalue weighted by atomic mass is 16.2. The maximum atomic E-state index is 12.1. The highest BCUT2D eigenvalue weighted by Crippen LogP contribution is 2.30. The summed E-state index contributed by atoms with van der Waals surface area (Å²) in [5.41, 5.74) is 5.91. The van der Waals surface area contributed by atoms with Crippen LogP contribution in [0.4, 0.5) is 0 Å². The van der Waals surface area contributed by atoms with E-state index in [1.807, 2.05) is 13.8 Å². The number of nitrogens with two attached hydrogens (primary N) is 1. The molecule has 1 saturated carbocycles. The van der Waals surface area contributed by atoms with Crippen LogP contribution in [-0.4, -0.2) is 29.4 Å². The molecule has 0 saturated heterocycles. The van der Waals surface area contributed by atoms with E-state index in [-0.39, 0.29) is 17.4 Å². The largest absolute Gasteiger partial charge is 0.342 e. The van der Waals surface area contributed by atoms with Gasteiger partial charge in [0.05, 0.1) is 12.0 Å². The summed E-state index contributed by atoms with van der Waals surface area (Å²) in [4.78, 5) is 13.9. The molecule has 1 unspecified atom stereocenters. The summed E-state index contributed by atoms with van der Waals surface area (Å²) in [6.45, 7) is 4.95. The third-order valence-electron chi connectivity index (χ3n) is 3.55. The monoisotopic (exact) mass is 237 g/mol. The van der Waals surface area contributed by atoms with Crippen LogP contribution in [0.1, 0.15) is 46.0 Å². The lowest BCUT2D eigenvalue weighted by molar-refractivity contribution is -0.132. The van der Waals surface area contributed by atoms with Crippen molar-refractivity contribution < 1.29 is 4.79 Å². The quantitative estimate of drug-likeness (QED) is 0.790. The number of nitrogens with zero attached hydrogens (tertiary/aromatic N) is 2. The minimum atomic E-state index is -0.291. The fourth-order valence-electron chi connectivity index (χ4n) is 2.45. The van der Waals surface area contributed by atoms with Crippen LogP contribution >= 0.6 is 0 Å². The van der Waals surface area contributed by atoms with Crippen LogP contribution < -0.4 is 5.73 Å². The van der Waals surface area contributed by atoms with E-state index in [0.717, 1.165) is 25.7 Å². The van der Waals surface area contributed by atoms with Crippen LogP contribution in [0.2, 0.25) is 0 Å². The van der Waals surface area contributed by atoms with Crippen LogP contribution in [0.15, 0.2) is 0 Å². The van der Waals surface area contributed by atoms with Gasteiger partial charge < -0.3 is 10.6 Å². The molecule has 1 aliphatic rings. The second-order valence-corrected chi connectivity index (χ2v) is 5.21. The summed E-state index contributed by atoms with van der Waals surface area (Å²) in [6.07, 6.45) is 4.59. The molecule has 0 aromatic rings. The van der Waals surface area contributed by atoms with Crippen molar-refractivity contribution >= 4 is 5.91 Å². The van der Waals surface area contributed by atoms with E-state index < -0.39 is 0 Å². The van der Waals surface area contributed by atoms with E-state index >= 15 is 0 Å². The van der Waals surface area contributed by atoms with Crippen LogP contribution in [-0.2, 0) is 4.79 Å². The van der Waals surface area contributed by atoms with E-state index in [1.165, 1.54) is 0 Å². The lowest BCUT2D eigenvalue weighted by atomic mass is 9.94. The van der Waals surface area contributed by atoms with Crippen LogP contribution in [0.5, 0.6) is 0 Å². The molecule has 1 aliphatic carbocycles. The predicted octanol–water partition coefficient (Wildman–Crippen LogP) is 1.66. The average Bonchev–Trinajstić information content (AvgIpc) is 2.71. The van der Waals surface area contributed by atoms with Crippen molar-refractivity contribution in [2.24, 2.45) is 11.7 Å². The first-order valence-electron chi connectivity index (χ1n) is 6.47. The molecule has 1 atom stereocenters. The lowest BCUT2D eigenvalue weighted by Crippen LogP contribution is -2.44. The van der Waals surface area contributed by atoms with E-state index in [4.69, 9.17) is 11.0 Å². The Bertz CT molecular complexity index is 302. The molecule has 0 heterocycles. The fraction of sp³-hybridized carbons (Fsp3) is 0.846. The average molecular weight is 237 g/mol. The van der Waals surface area contributed by atoms with E-state index in [2.05, 4.69) is 6.07 Å². The van der Waals surface area contributed by atoms with E-state index in [9.17, 15) is 4.79 Å². The smallest absolute Gasteiger partial charge is 0.224 e. The van der Waals surface area contributed by atoms with Crippen molar-refractivity contribution in [1.29, 1.82) is 5.26 Å². The van der Waals surface area contributed by atoms with Crippen LogP contribution in [0.25, 0.3) is 0 Å². The van der Waals surface area contributed by atoms with Crippen LogP contribution in [0.3, 0.4) is 0 Å². The third-order valence-corrected chi connectivity index (χ3v) is 3.55. The lowest BCUT2D eigenvalue weighted by Gasteiger charge is -2.28. The van der Waals surface area contributed by atoms with Gasteiger partial charge in [0.1, 0.15) is 0 Å². The van der Waals surface area contributed by atoms with Gasteiger partial charge in [-0.15, -0.1) is 0 Å². The number of carbonyl (C=O) groups excluding carboxylic acids is 1. The molecule has 4 nitrogen and oxygen atoms in total. The first kappa shape index (κ1) is 14.0. The minimum Gasteiger partial charge on any atom is -0.342 e. The Morgan fingerprint density at radius 3 is 2.59 bits per heavy atom. The molecule has 2 N–H and O–H groups in total. The molecule has 0 aromatic carbocycles. The highest BCUT2D eigenvalue weighted by molar-refractivity contribution is 5.77. The molecule has 1 rings (SSSR count). The zero-order chi connectivity index (χ0) is 12.9. The molecule has 0 aliphatic heterocycles. The van der Waals surface area contributed by atoms with Gasteiger partial charge in [-0.2, -0.15) is 5.26 Å². The second kappa shape index (κ2) is 6.02. The summed E-state index contributed by atoms with van der Waals surface area (Å²) in [6, 6.07) is 2.16. The molecule has 0 radical (unpaired) electrons. The molecular formula is C13H23N3O. The first-order valence-corrected chi connectivity index (χ1v) is 6.47. The van der Waals surface area contributed by atoms with Gasteiger partial charge in [-0.05, 0) is 26.7 Å². The summed E-state index contributed by atoms with van der Waals surface area (Å²) in [7, 11) is 0. The van der Waals surface area contributed by atoms with Crippen molar-refractivity contribution in [3.05, 3.63) is 0 Å². The van der Waals surface area contributed by atoms with Crippen molar-refractivity contribution in [3.63, 3.8) is 0 Å². The zero-order valence-corrected chi connectivity index (χ0v) is 10.9. The van der Waals surface area contributed by atoms with Gasteiger partial charge in [0.2, 0.25) is 5.91 Å². The minimum absolute atomic E-state index is 0.0963. The number of hydrogen-bond donors (Lipinski definition) is 1. The summed E-state index contributed by atoms with van der Waals surface area (Å²) < 4.78 is 0. The molecule has 0 spiro atoms. The predicted molar refractivity (Wildman–Crippen MR) is 67.0 cm³/mol. The molecule has 4 heteroatoms. The Hall–Kier alpha value is -1.08. The third kappa shape index (κ3) is 4.01. The molecular weight excluding hydrogens is 214 g/mol. The summed E-state index contributed by atoms with van der Waals surface area (Å²) >= 11 is 0. The molecule has 0 aromatic heterocycles. The Labute approximate surface area is 104 Å². The zero-order valence-electron chi connectivity index (χ0n) is 10.9.